The van der Waals surface area contributed by atoms with Gasteiger partial charge >= 0.3 is 0 Å². The van der Waals surface area contributed by atoms with E-state index >= 15 is 0 Å². The van der Waals surface area contributed by atoms with Crippen LogP contribution in [0.25, 0.3) is 0 Å². The molecule has 1 heterocycles. The molecular weight excluding hydrogens is 282 g/mol. The van der Waals surface area contributed by atoms with Gasteiger partial charge in [0.2, 0.25) is 5.91 Å². The highest BCUT2D eigenvalue weighted by Crippen LogP contribution is 2.39. The highest BCUT2D eigenvalue weighted by molar-refractivity contribution is 6.21. The van der Waals surface area contributed by atoms with Crippen molar-refractivity contribution in [2.75, 3.05) is 11.9 Å². The number of anilines is 1. The van der Waals surface area contributed by atoms with E-state index in [-0.39, 0.29) is 11.3 Å². The summed E-state index contributed by atoms with van der Waals surface area (Å²) in [6.45, 7) is 0. The number of carbonyl (C=O) groups excluding carboxylic acids is 1. The lowest BCUT2D eigenvalue weighted by molar-refractivity contribution is -0.117. The largest absolute Gasteiger partial charge is 0.315 e. The van der Waals surface area contributed by atoms with Crippen LogP contribution in [0.5, 0.6) is 0 Å². The number of hydrogen-bond acceptors (Lipinski definition) is 1. The summed E-state index contributed by atoms with van der Waals surface area (Å²) >= 11 is 6.79. The van der Waals surface area contributed by atoms with Gasteiger partial charge in [0.05, 0.1) is 11.8 Å². The third kappa shape index (κ3) is 3.11. The summed E-state index contributed by atoms with van der Waals surface area (Å²) in [7, 11) is 1.85. The number of alkyl halides is 1. The molecule has 1 unspecified atom stereocenters. The minimum Gasteiger partial charge on any atom is -0.315 e. The summed E-state index contributed by atoms with van der Waals surface area (Å²) in [5, 5.41) is 0.0920. The normalized spacial score (nSPS) is 21.8. The van der Waals surface area contributed by atoms with Crippen LogP contribution in [0.4, 0.5) is 5.69 Å². The predicted octanol–water partition coefficient (Wildman–Crippen LogP) is 4.85. The Morgan fingerprint density at radius 2 is 1.81 bits per heavy atom. The van der Waals surface area contributed by atoms with Crippen molar-refractivity contribution >= 4 is 23.2 Å². The molecule has 0 bridgehead atoms. The molecule has 21 heavy (non-hydrogen) atoms. The molecular formula is C18H24ClNO. The van der Waals surface area contributed by atoms with Gasteiger partial charge in [-0.1, -0.05) is 44.2 Å². The Bertz CT molecular complexity index is 520. The van der Waals surface area contributed by atoms with E-state index in [9.17, 15) is 4.79 Å². The molecule has 0 N–H and O–H groups in total. The molecule has 0 radical (unpaired) electrons. The summed E-state index contributed by atoms with van der Waals surface area (Å²) in [6.07, 6.45) is 9.70. The summed E-state index contributed by atoms with van der Waals surface area (Å²) in [4.78, 5) is 13.5. The molecule has 114 valence electrons. The topological polar surface area (TPSA) is 20.3 Å². The van der Waals surface area contributed by atoms with Gasteiger partial charge in [-0.15, -0.1) is 11.6 Å². The van der Waals surface area contributed by atoms with Crippen molar-refractivity contribution in [3.05, 3.63) is 29.3 Å². The fraction of sp³-hybridized carbons (Fsp3) is 0.611. The molecule has 0 aromatic heterocycles. The lowest BCUT2D eigenvalue weighted by Gasteiger charge is -2.25. The second kappa shape index (κ2) is 6.39. The molecule has 3 heteroatoms. The summed E-state index contributed by atoms with van der Waals surface area (Å²) in [6, 6.07) is 6.34. The number of likely N-dealkylation sites (N-methyl/N-ethyl adjacent to an activating group) is 1. The highest BCUT2D eigenvalue weighted by Gasteiger charge is 2.27. The van der Waals surface area contributed by atoms with Crippen molar-refractivity contribution in [2.24, 2.45) is 5.92 Å². The number of nitrogens with zero attached hydrogens (tertiary/aromatic N) is 1. The Balaban J connectivity index is 1.77. The molecule has 1 aromatic carbocycles. The second-order valence-corrected chi connectivity index (χ2v) is 6.99. The van der Waals surface area contributed by atoms with E-state index in [2.05, 4.69) is 18.2 Å². The maximum atomic E-state index is 11.8. The maximum Gasteiger partial charge on any atom is 0.231 e. The zero-order valence-corrected chi connectivity index (χ0v) is 13.5. The summed E-state index contributed by atoms with van der Waals surface area (Å²) in [5.41, 5.74) is 3.38. The van der Waals surface area contributed by atoms with Gasteiger partial charge in [-0.05, 0) is 36.0 Å². The molecule has 2 aliphatic rings. The van der Waals surface area contributed by atoms with Crippen LogP contribution >= 0.6 is 11.6 Å². The third-order valence-corrected chi connectivity index (χ3v) is 5.67. The number of rotatable bonds is 2. The van der Waals surface area contributed by atoms with Crippen LogP contribution in [0, 0.1) is 5.92 Å². The Hall–Kier alpha value is -1.02. The van der Waals surface area contributed by atoms with E-state index in [1.165, 1.54) is 50.5 Å². The Morgan fingerprint density at radius 3 is 2.52 bits per heavy atom. The number of halogens is 1. The first kappa shape index (κ1) is 14.9. The number of amides is 1. The zero-order chi connectivity index (χ0) is 14.8. The van der Waals surface area contributed by atoms with Crippen LogP contribution in [0.2, 0.25) is 0 Å². The zero-order valence-electron chi connectivity index (χ0n) is 12.8. The quantitative estimate of drug-likeness (QED) is 0.716. The number of benzene rings is 1. The molecule has 1 amide bonds. The number of carbonyl (C=O) groups is 1. The maximum absolute atomic E-state index is 11.8. The average Bonchev–Trinajstić information content (AvgIpc) is 2.73. The minimum absolute atomic E-state index is 0.0920. The molecule has 2 nitrogen and oxygen atoms in total. The molecule has 1 fully saturated rings. The van der Waals surface area contributed by atoms with Gasteiger partial charge in [0.25, 0.3) is 0 Å². The van der Waals surface area contributed by atoms with Gasteiger partial charge in [0, 0.05) is 12.7 Å². The second-order valence-electron chi connectivity index (χ2n) is 6.52. The molecule has 1 atom stereocenters. The van der Waals surface area contributed by atoms with E-state index < -0.39 is 0 Å². The average molecular weight is 306 g/mol. The minimum atomic E-state index is 0.0920. The molecule has 1 aliphatic carbocycles. The van der Waals surface area contributed by atoms with Crippen molar-refractivity contribution in [2.45, 2.75) is 56.7 Å². The van der Waals surface area contributed by atoms with E-state index in [0.29, 0.717) is 12.3 Å². The Labute approximate surface area is 132 Å². The number of hydrogen-bond donors (Lipinski definition) is 0. The van der Waals surface area contributed by atoms with Crippen molar-refractivity contribution in [1.82, 2.24) is 0 Å². The van der Waals surface area contributed by atoms with Crippen LogP contribution in [0.3, 0.4) is 0 Å². The molecule has 3 rings (SSSR count). The molecule has 0 saturated heterocycles. The van der Waals surface area contributed by atoms with Gasteiger partial charge in [-0.3, -0.25) is 4.79 Å². The van der Waals surface area contributed by atoms with Gasteiger partial charge in [0.15, 0.2) is 0 Å². The smallest absolute Gasteiger partial charge is 0.231 e. The number of fused-ring (bicyclic) bond motifs is 1. The van der Waals surface area contributed by atoms with Gasteiger partial charge in [-0.25, -0.2) is 0 Å². The highest BCUT2D eigenvalue weighted by atomic mass is 35.5. The van der Waals surface area contributed by atoms with E-state index in [4.69, 9.17) is 11.6 Å². The van der Waals surface area contributed by atoms with Crippen LogP contribution in [0.15, 0.2) is 18.2 Å². The van der Waals surface area contributed by atoms with Gasteiger partial charge in [-0.2, -0.15) is 0 Å². The molecule has 1 aromatic rings. The van der Waals surface area contributed by atoms with Gasteiger partial charge in [0.1, 0.15) is 0 Å². The molecule has 1 saturated carbocycles. The predicted molar refractivity (Wildman–Crippen MR) is 88.0 cm³/mol. The van der Waals surface area contributed by atoms with E-state index in [1.54, 1.807) is 4.90 Å². The molecule has 0 spiro atoms. The molecule has 1 aliphatic heterocycles. The van der Waals surface area contributed by atoms with E-state index in [0.717, 1.165) is 11.3 Å². The van der Waals surface area contributed by atoms with Crippen molar-refractivity contribution < 1.29 is 4.79 Å². The fourth-order valence-electron chi connectivity index (χ4n) is 3.71. The van der Waals surface area contributed by atoms with E-state index in [1.807, 2.05) is 7.05 Å². The van der Waals surface area contributed by atoms with Crippen molar-refractivity contribution in [3.8, 4) is 0 Å². The fourth-order valence-corrected chi connectivity index (χ4v) is 4.10. The van der Waals surface area contributed by atoms with Crippen LogP contribution in [-0.4, -0.2) is 13.0 Å². The first-order chi connectivity index (χ1) is 10.2. The first-order valence-electron chi connectivity index (χ1n) is 8.20. The van der Waals surface area contributed by atoms with Crippen LogP contribution in [0.1, 0.15) is 61.4 Å². The first-order valence-corrected chi connectivity index (χ1v) is 8.64. The summed E-state index contributed by atoms with van der Waals surface area (Å²) in [5.74, 6) is 0.763. The van der Waals surface area contributed by atoms with Crippen molar-refractivity contribution in [1.29, 1.82) is 0 Å². The Morgan fingerprint density at radius 1 is 1.14 bits per heavy atom. The SMILES string of the molecule is CN1C(=O)Cc2cc(C(Cl)C3CCCCCCC3)ccc21. The van der Waals surface area contributed by atoms with Gasteiger partial charge < -0.3 is 4.90 Å². The van der Waals surface area contributed by atoms with Crippen LogP contribution in [-0.2, 0) is 11.2 Å². The van der Waals surface area contributed by atoms with Crippen LogP contribution < -0.4 is 4.90 Å². The third-order valence-electron chi connectivity index (χ3n) is 5.06. The lowest BCUT2D eigenvalue weighted by atomic mass is 9.86. The monoisotopic (exact) mass is 305 g/mol. The summed E-state index contributed by atoms with van der Waals surface area (Å²) < 4.78 is 0. The van der Waals surface area contributed by atoms with Crippen molar-refractivity contribution in [3.63, 3.8) is 0 Å². The lowest BCUT2D eigenvalue weighted by Crippen LogP contribution is -2.20. The standard InChI is InChI=1S/C18H24ClNO/c1-20-16-10-9-14(11-15(16)12-17(20)21)18(19)13-7-5-3-2-4-6-8-13/h9-11,13,18H,2-8,12H2,1H3. The Kier molecular flexibility index (Phi) is 4.54.